The number of benzene rings is 1. The predicted molar refractivity (Wildman–Crippen MR) is 108 cm³/mol. The van der Waals surface area contributed by atoms with Crippen LogP contribution in [0.15, 0.2) is 10.9 Å². The topological polar surface area (TPSA) is 94.8 Å². The number of halogens is 3. The summed E-state index contributed by atoms with van der Waals surface area (Å²) in [6.45, 7) is 4.71. The van der Waals surface area contributed by atoms with Crippen LogP contribution in [0.3, 0.4) is 0 Å². The number of nitro benzene ring substituents is 1. The largest absolute Gasteiger partial charge is 0.416 e. The summed E-state index contributed by atoms with van der Waals surface area (Å²) in [6, 6.07) is 0.684. The van der Waals surface area contributed by atoms with Gasteiger partial charge in [-0.3, -0.25) is 14.9 Å². The molecule has 31 heavy (non-hydrogen) atoms. The average Bonchev–Trinajstić information content (AvgIpc) is 3.06. The van der Waals surface area contributed by atoms with Crippen LogP contribution in [0.2, 0.25) is 0 Å². The lowest BCUT2D eigenvalue weighted by atomic mass is 10.0. The summed E-state index contributed by atoms with van der Waals surface area (Å²) in [7, 11) is 0. The molecule has 0 unspecified atom stereocenters. The van der Waals surface area contributed by atoms with Gasteiger partial charge < -0.3 is 14.4 Å². The molecule has 2 fully saturated rings. The Morgan fingerprint density at radius 1 is 1.39 bits per heavy atom. The normalized spacial score (nSPS) is 21.2. The van der Waals surface area contributed by atoms with Gasteiger partial charge in [0.05, 0.1) is 28.6 Å². The molecule has 2 aliphatic rings. The van der Waals surface area contributed by atoms with Gasteiger partial charge in [-0.25, -0.2) is 0 Å². The molecule has 1 atom stereocenters. The number of aromatic nitrogens is 1. The van der Waals surface area contributed by atoms with Crippen molar-refractivity contribution in [2.24, 2.45) is 0 Å². The van der Waals surface area contributed by atoms with E-state index in [2.05, 4.69) is 4.98 Å². The van der Waals surface area contributed by atoms with Crippen molar-refractivity contribution in [2.45, 2.75) is 51.2 Å². The summed E-state index contributed by atoms with van der Waals surface area (Å²) in [5.41, 5.74) is -3.19. The van der Waals surface area contributed by atoms with Crippen LogP contribution in [0.25, 0.3) is 10.1 Å². The van der Waals surface area contributed by atoms with Gasteiger partial charge in [0.25, 0.3) is 11.2 Å². The van der Waals surface area contributed by atoms with Gasteiger partial charge in [0.1, 0.15) is 4.70 Å². The molecule has 1 spiro atoms. The Bertz CT molecular complexity index is 1100. The highest BCUT2D eigenvalue weighted by atomic mass is 32.1. The number of hydrogen-bond acceptors (Lipinski definition) is 8. The van der Waals surface area contributed by atoms with Crippen LogP contribution in [-0.2, 0) is 22.1 Å². The maximum Gasteiger partial charge on any atom is 0.416 e. The van der Waals surface area contributed by atoms with Gasteiger partial charge in [0.15, 0.2) is 10.9 Å². The van der Waals surface area contributed by atoms with Gasteiger partial charge in [0.2, 0.25) is 0 Å². The lowest BCUT2D eigenvalue weighted by molar-refractivity contribution is -0.383. The molecule has 2 aliphatic heterocycles. The summed E-state index contributed by atoms with van der Waals surface area (Å²) >= 11 is 0.867. The number of alkyl halides is 3. The second-order valence-corrected chi connectivity index (χ2v) is 8.65. The number of fused-ring (bicyclic) bond motifs is 1. The van der Waals surface area contributed by atoms with E-state index in [0.29, 0.717) is 38.6 Å². The number of hydrogen-bond donors (Lipinski definition) is 0. The molecule has 12 heteroatoms. The third-order valence-electron chi connectivity index (χ3n) is 5.61. The smallest absolute Gasteiger partial charge is 0.348 e. The van der Waals surface area contributed by atoms with Crippen LogP contribution >= 0.6 is 11.3 Å². The third kappa shape index (κ3) is 3.87. The van der Waals surface area contributed by atoms with Crippen molar-refractivity contribution in [1.29, 1.82) is 0 Å². The molecule has 0 bridgehead atoms. The fraction of sp³-hybridized carbons (Fsp3) is 0.579. The van der Waals surface area contributed by atoms with E-state index in [0.717, 1.165) is 11.3 Å². The van der Waals surface area contributed by atoms with E-state index in [1.54, 1.807) is 4.90 Å². The molecule has 2 saturated heterocycles. The first-order valence-corrected chi connectivity index (χ1v) is 10.7. The van der Waals surface area contributed by atoms with Crippen molar-refractivity contribution in [3.8, 4) is 0 Å². The van der Waals surface area contributed by atoms with Crippen LogP contribution in [-0.4, -0.2) is 41.5 Å². The average molecular weight is 459 g/mol. The van der Waals surface area contributed by atoms with Gasteiger partial charge in [-0.2, -0.15) is 18.2 Å². The Morgan fingerprint density at radius 3 is 2.58 bits per heavy atom. The van der Waals surface area contributed by atoms with Crippen LogP contribution < -0.4 is 10.5 Å². The minimum absolute atomic E-state index is 0.0145. The molecule has 3 heterocycles. The van der Waals surface area contributed by atoms with E-state index in [1.807, 2.05) is 6.92 Å². The number of nitro groups is 1. The molecule has 0 saturated carbocycles. The molecule has 1 aromatic carbocycles. The van der Waals surface area contributed by atoms with Gasteiger partial charge >= 0.3 is 6.18 Å². The number of anilines is 1. The number of rotatable bonds is 3. The van der Waals surface area contributed by atoms with E-state index in [4.69, 9.17) is 9.47 Å². The van der Waals surface area contributed by atoms with Crippen molar-refractivity contribution < 1.29 is 27.6 Å². The zero-order chi connectivity index (χ0) is 22.6. The molecular weight excluding hydrogens is 439 g/mol. The summed E-state index contributed by atoms with van der Waals surface area (Å²) in [5.74, 6) is -0.680. The first-order chi connectivity index (χ1) is 14.5. The lowest BCUT2D eigenvalue weighted by Crippen LogP contribution is -2.45. The standard InChI is InChI=1S/C19H20F3N3O5S/c1-3-11-13(19(20,21)22)8-12-15(14(11)25(27)28)31-17(23-16(12)26)24-6-4-18(5-7-24)29-9-10(2)30-18/h8,10H,3-7,9H2,1-2H3/t10-/m0/s1. The highest BCUT2D eigenvalue weighted by molar-refractivity contribution is 7.22. The summed E-state index contributed by atoms with van der Waals surface area (Å²) in [4.78, 5) is 29.3. The van der Waals surface area contributed by atoms with Crippen LogP contribution in [0, 0.1) is 10.1 Å². The van der Waals surface area contributed by atoms with Crippen LogP contribution in [0.5, 0.6) is 0 Å². The number of nitrogens with zero attached hydrogens (tertiary/aromatic N) is 3. The fourth-order valence-electron chi connectivity index (χ4n) is 4.16. The van der Waals surface area contributed by atoms with Gasteiger partial charge in [-0.1, -0.05) is 18.3 Å². The zero-order valence-electron chi connectivity index (χ0n) is 16.8. The Hall–Kier alpha value is -2.31. The zero-order valence-corrected chi connectivity index (χ0v) is 17.6. The molecule has 0 aliphatic carbocycles. The maximum absolute atomic E-state index is 13.5. The monoisotopic (exact) mass is 459 g/mol. The molecule has 0 amide bonds. The number of piperidine rings is 1. The van der Waals surface area contributed by atoms with Crippen molar-refractivity contribution in [3.63, 3.8) is 0 Å². The summed E-state index contributed by atoms with van der Waals surface area (Å²) < 4.78 is 52.1. The van der Waals surface area contributed by atoms with Crippen molar-refractivity contribution >= 4 is 32.2 Å². The second kappa shape index (κ2) is 7.68. The fourth-order valence-corrected chi connectivity index (χ4v) is 5.33. The van der Waals surface area contributed by atoms with E-state index in [9.17, 15) is 28.1 Å². The maximum atomic E-state index is 13.5. The predicted octanol–water partition coefficient (Wildman–Crippen LogP) is 3.88. The third-order valence-corrected chi connectivity index (χ3v) is 6.76. The van der Waals surface area contributed by atoms with Crippen molar-refractivity contribution in [3.05, 3.63) is 37.7 Å². The Morgan fingerprint density at radius 2 is 2.06 bits per heavy atom. The summed E-state index contributed by atoms with van der Waals surface area (Å²) in [6.07, 6.45) is -3.99. The first-order valence-electron chi connectivity index (χ1n) is 9.83. The number of ether oxygens (including phenoxy) is 2. The lowest BCUT2D eigenvalue weighted by Gasteiger charge is -2.38. The van der Waals surface area contributed by atoms with Crippen molar-refractivity contribution in [2.75, 3.05) is 24.6 Å². The molecular formula is C19H20F3N3O5S. The highest BCUT2D eigenvalue weighted by Gasteiger charge is 2.43. The highest BCUT2D eigenvalue weighted by Crippen LogP contribution is 2.43. The Balaban J connectivity index is 1.79. The van der Waals surface area contributed by atoms with Gasteiger partial charge in [-0.05, 0) is 19.4 Å². The first kappa shape index (κ1) is 21.9. The van der Waals surface area contributed by atoms with E-state index in [1.165, 1.54) is 6.92 Å². The summed E-state index contributed by atoms with van der Waals surface area (Å²) in [5, 5.41) is 11.6. The molecule has 1 aromatic heterocycles. The minimum Gasteiger partial charge on any atom is -0.348 e. The van der Waals surface area contributed by atoms with E-state index < -0.39 is 44.6 Å². The molecule has 4 rings (SSSR count). The quantitative estimate of drug-likeness (QED) is 0.508. The molecule has 168 valence electrons. The molecule has 0 N–H and O–H groups in total. The Labute approximate surface area is 178 Å². The van der Waals surface area contributed by atoms with Gasteiger partial charge in [-0.15, -0.1) is 0 Å². The van der Waals surface area contributed by atoms with E-state index in [-0.39, 0.29) is 22.4 Å². The Kier molecular flexibility index (Phi) is 5.42. The van der Waals surface area contributed by atoms with Crippen molar-refractivity contribution in [1.82, 2.24) is 4.98 Å². The SMILES string of the molecule is CCc1c(C(F)(F)F)cc2c(=O)nc(N3CCC4(CC3)OC[C@H](C)O4)sc2c1[N+](=O)[O-]. The van der Waals surface area contributed by atoms with E-state index >= 15 is 0 Å². The second-order valence-electron chi connectivity index (χ2n) is 7.68. The molecule has 8 nitrogen and oxygen atoms in total. The van der Waals surface area contributed by atoms with Crippen LogP contribution in [0.1, 0.15) is 37.8 Å². The minimum atomic E-state index is -4.82. The van der Waals surface area contributed by atoms with Crippen LogP contribution in [0.4, 0.5) is 24.0 Å². The molecule has 0 radical (unpaired) electrons. The van der Waals surface area contributed by atoms with Gasteiger partial charge in [0, 0.05) is 31.5 Å². The molecule has 2 aromatic rings.